The Kier molecular flexibility index (Phi) is 1.96. The predicted octanol–water partition coefficient (Wildman–Crippen LogP) is 0.683. The van der Waals surface area contributed by atoms with Crippen molar-refractivity contribution < 1.29 is 9.90 Å². The molecule has 0 heterocycles. The van der Waals surface area contributed by atoms with E-state index < -0.39 is 6.03 Å². The van der Waals surface area contributed by atoms with Gasteiger partial charge in [-0.3, -0.25) is 0 Å². The van der Waals surface area contributed by atoms with Gasteiger partial charge in [0.15, 0.2) is 0 Å². The fourth-order valence-corrected chi connectivity index (χ4v) is 0.637. The number of carbonyl (C=O) groups is 1. The minimum Gasteiger partial charge on any atom is -0.507 e. The summed E-state index contributed by atoms with van der Waals surface area (Å²) in [7, 11) is 0. The van der Waals surface area contributed by atoms with Gasteiger partial charge in [-0.05, 0) is 18.2 Å². The molecule has 0 aliphatic carbocycles. The molecule has 2 amide bonds. The van der Waals surface area contributed by atoms with Crippen molar-refractivity contribution in [3.8, 4) is 5.75 Å². The molecule has 0 aliphatic heterocycles. The van der Waals surface area contributed by atoms with Gasteiger partial charge in [-0.2, -0.15) is 0 Å². The van der Waals surface area contributed by atoms with Gasteiger partial charge in [0.2, 0.25) is 0 Å². The summed E-state index contributed by atoms with van der Waals surface area (Å²) in [5.74, 6) is 0.0278. The van der Waals surface area contributed by atoms with E-state index in [0.29, 0.717) is 5.69 Å². The second-order valence-electron chi connectivity index (χ2n) is 1.95. The molecule has 0 atom stereocenters. The molecule has 0 saturated heterocycles. The fourth-order valence-electron chi connectivity index (χ4n) is 0.637. The quantitative estimate of drug-likeness (QED) is 0.516. The highest BCUT2D eigenvalue weighted by molar-refractivity contribution is 5.87. The van der Waals surface area contributed by atoms with Crippen LogP contribution in [0.5, 0.6) is 5.75 Å². The average molecular weight is 151 g/mol. The molecular formula is C7H7N2O2. The predicted molar refractivity (Wildman–Crippen MR) is 40.1 cm³/mol. The zero-order valence-corrected chi connectivity index (χ0v) is 5.66. The van der Waals surface area contributed by atoms with E-state index in [4.69, 9.17) is 10.8 Å². The van der Waals surface area contributed by atoms with Crippen molar-refractivity contribution in [3.05, 3.63) is 24.3 Å². The minimum absolute atomic E-state index is 0.0278. The normalized spacial score (nSPS) is 9.09. The van der Waals surface area contributed by atoms with Crippen molar-refractivity contribution in [2.75, 3.05) is 5.32 Å². The molecule has 0 unspecified atom stereocenters. The van der Waals surface area contributed by atoms with Crippen molar-refractivity contribution >= 4 is 11.7 Å². The number of primary amides is 1. The maximum Gasteiger partial charge on any atom is 0.316 e. The summed E-state index contributed by atoms with van der Waals surface area (Å²) in [6.07, 6.45) is 0. The Labute approximate surface area is 63.6 Å². The van der Waals surface area contributed by atoms with Gasteiger partial charge < -0.3 is 16.2 Å². The molecule has 4 nitrogen and oxygen atoms in total. The summed E-state index contributed by atoms with van der Waals surface area (Å²) in [6.45, 7) is 0. The lowest BCUT2D eigenvalue weighted by Gasteiger charge is -1.99. The number of anilines is 1. The molecule has 1 aromatic rings. The number of hydrogen-bond acceptors (Lipinski definition) is 2. The maximum absolute atomic E-state index is 10.3. The van der Waals surface area contributed by atoms with Crippen LogP contribution >= 0.6 is 0 Å². The second kappa shape index (κ2) is 2.92. The Balaban J connectivity index is 2.74. The molecule has 4 N–H and O–H groups in total. The van der Waals surface area contributed by atoms with Crippen LogP contribution in [0.4, 0.5) is 10.5 Å². The smallest absolute Gasteiger partial charge is 0.316 e. The Morgan fingerprint density at radius 2 is 2.36 bits per heavy atom. The first-order valence-electron chi connectivity index (χ1n) is 2.95. The number of urea groups is 1. The summed E-state index contributed by atoms with van der Waals surface area (Å²) >= 11 is 0. The van der Waals surface area contributed by atoms with Crippen LogP contribution in [-0.4, -0.2) is 11.1 Å². The highest BCUT2D eigenvalue weighted by atomic mass is 16.3. The zero-order chi connectivity index (χ0) is 8.27. The zero-order valence-electron chi connectivity index (χ0n) is 5.66. The van der Waals surface area contributed by atoms with Crippen LogP contribution in [0.25, 0.3) is 0 Å². The fraction of sp³-hybridized carbons (Fsp3) is 0. The molecular weight excluding hydrogens is 144 g/mol. The first kappa shape index (κ1) is 7.40. The third-order valence-corrected chi connectivity index (χ3v) is 1.06. The van der Waals surface area contributed by atoms with Crippen molar-refractivity contribution in [2.45, 2.75) is 0 Å². The molecule has 1 aromatic carbocycles. The maximum atomic E-state index is 10.3. The van der Waals surface area contributed by atoms with E-state index in [1.807, 2.05) is 0 Å². The summed E-state index contributed by atoms with van der Waals surface area (Å²) in [6, 6.07) is 6.22. The van der Waals surface area contributed by atoms with E-state index in [1.54, 1.807) is 0 Å². The highest BCUT2D eigenvalue weighted by Gasteiger charge is 1.94. The molecule has 0 spiro atoms. The van der Waals surface area contributed by atoms with Gasteiger partial charge in [-0.1, -0.05) is 0 Å². The number of hydrogen-bond donors (Lipinski definition) is 3. The standard InChI is InChI=1S/C7H7N2O2/c8-7(11)9-5-1-3-6(10)4-2-5/h1-3,10H,(H3,8,9,11). The molecule has 0 fully saturated rings. The lowest BCUT2D eigenvalue weighted by Crippen LogP contribution is -2.18. The number of carbonyl (C=O) groups excluding carboxylic acids is 1. The Morgan fingerprint density at radius 1 is 1.64 bits per heavy atom. The third-order valence-electron chi connectivity index (χ3n) is 1.06. The van der Waals surface area contributed by atoms with Gasteiger partial charge in [0.05, 0.1) is 0 Å². The lowest BCUT2D eigenvalue weighted by molar-refractivity contribution is 0.259. The Morgan fingerprint density at radius 3 is 2.82 bits per heavy atom. The Hall–Kier alpha value is -1.71. The van der Waals surface area contributed by atoms with E-state index in [-0.39, 0.29) is 5.75 Å². The summed E-state index contributed by atoms with van der Waals surface area (Å²) in [4.78, 5) is 10.3. The van der Waals surface area contributed by atoms with Crippen LogP contribution in [0, 0.1) is 6.07 Å². The number of nitrogens with one attached hydrogen (secondary N) is 1. The van der Waals surface area contributed by atoms with Gasteiger partial charge >= 0.3 is 6.03 Å². The number of nitrogens with two attached hydrogens (primary N) is 1. The van der Waals surface area contributed by atoms with Gasteiger partial charge in [0.1, 0.15) is 5.75 Å². The highest BCUT2D eigenvalue weighted by Crippen LogP contribution is 2.12. The Bertz CT molecular complexity index is 256. The van der Waals surface area contributed by atoms with Crippen LogP contribution in [0.2, 0.25) is 0 Å². The number of phenols is 1. The van der Waals surface area contributed by atoms with Crippen LogP contribution in [0.1, 0.15) is 0 Å². The average Bonchev–Trinajstić information content (AvgIpc) is 1.93. The van der Waals surface area contributed by atoms with E-state index in [1.165, 1.54) is 18.2 Å². The topological polar surface area (TPSA) is 75.4 Å². The number of rotatable bonds is 1. The monoisotopic (exact) mass is 151 g/mol. The number of phenolic OH excluding ortho intramolecular Hbond substituents is 1. The minimum atomic E-state index is -0.635. The summed E-state index contributed by atoms with van der Waals surface area (Å²) in [5, 5.41) is 11.1. The van der Waals surface area contributed by atoms with Crippen LogP contribution in [0.15, 0.2) is 18.2 Å². The summed E-state index contributed by atoms with van der Waals surface area (Å²) < 4.78 is 0. The van der Waals surface area contributed by atoms with Crippen LogP contribution in [0.3, 0.4) is 0 Å². The molecule has 0 bridgehead atoms. The van der Waals surface area contributed by atoms with Crippen LogP contribution < -0.4 is 11.1 Å². The molecule has 4 heteroatoms. The third kappa shape index (κ3) is 2.17. The van der Waals surface area contributed by atoms with Crippen molar-refractivity contribution in [2.24, 2.45) is 5.73 Å². The summed E-state index contributed by atoms with van der Waals surface area (Å²) in [5.41, 5.74) is 5.35. The molecule has 1 rings (SSSR count). The molecule has 11 heavy (non-hydrogen) atoms. The van der Waals surface area contributed by atoms with Gasteiger partial charge in [0, 0.05) is 11.8 Å². The molecule has 0 aliphatic rings. The van der Waals surface area contributed by atoms with Crippen LogP contribution in [-0.2, 0) is 0 Å². The van der Waals surface area contributed by atoms with Crippen molar-refractivity contribution in [1.29, 1.82) is 0 Å². The molecule has 0 saturated carbocycles. The van der Waals surface area contributed by atoms with E-state index >= 15 is 0 Å². The molecule has 0 aromatic heterocycles. The van der Waals surface area contributed by atoms with Crippen molar-refractivity contribution in [3.63, 3.8) is 0 Å². The molecule has 57 valence electrons. The second-order valence-corrected chi connectivity index (χ2v) is 1.95. The van der Waals surface area contributed by atoms with Gasteiger partial charge in [-0.25, -0.2) is 4.79 Å². The number of benzene rings is 1. The molecule has 1 radical (unpaired) electrons. The first-order chi connectivity index (χ1) is 5.18. The number of aromatic hydroxyl groups is 1. The number of amides is 2. The van der Waals surface area contributed by atoms with E-state index in [2.05, 4.69) is 11.4 Å². The first-order valence-corrected chi connectivity index (χ1v) is 2.95. The van der Waals surface area contributed by atoms with Gasteiger partial charge in [0.25, 0.3) is 0 Å². The SMILES string of the molecule is NC(=O)Nc1c[c]c(O)cc1. The van der Waals surface area contributed by atoms with E-state index in [0.717, 1.165) is 0 Å². The van der Waals surface area contributed by atoms with Gasteiger partial charge in [-0.15, -0.1) is 0 Å². The van der Waals surface area contributed by atoms with Crippen molar-refractivity contribution in [1.82, 2.24) is 0 Å². The van der Waals surface area contributed by atoms with E-state index in [9.17, 15) is 4.79 Å². The largest absolute Gasteiger partial charge is 0.507 e. The lowest BCUT2D eigenvalue weighted by atomic mass is 10.3.